The Morgan fingerprint density at radius 2 is 1.63 bits per heavy atom. The van der Waals surface area contributed by atoms with Crippen molar-refractivity contribution in [3.63, 3.8) is 0 Å². The standard InChI is InChI=1S/C33H42N4O6/c1-22-18-37(23(2)21-38)32(39)17-25-16-27(35-33(40)34-26-8-13-29(42-5)14-9-26)10-15-30(25)43-31(22)20-36(3)19-24-6-11-28(41-4)12-7-24/h6-16,22-23,31,38H,17-21H2,1-5H3,(H2,34,35,40)/t22-,23-,31-/m1/s1. The Balaban J connectivity index is 1.53. The number of likely N-dealkylation sites (N-methyl/N-ethyl adjacent to an activating group) is 1. The molecule has 0 fully saturated rings. The smallest absolute Gasteiger partial charge is 0.323 e. The Morgan fingerprint density at radius 1 is 1.02 bits per heavy atom. The summed E-state index contributed by atoms with van der Waals surface area (Å²) in [5, 5.41) is 15.6. The topological polar surface area (TPSA) is 113 Å². The van der Waals surface area contributed by atoms with Gasteiger partial charge in [0.25, 0.3) is 0 Å². The molecular formula is C33H42N4O6. The molecule has 0 radical (unpaired) electrons. The van der Waals surface area contributed by atoms with Gasteiger partial charge in [-0.25, -0.2) is 4.79 Å². The molecule has 230 valence electrons. The highest BCUT2D eigenvalue weighted by Crippen LogP contribution is 2.29. The number of aliphatic hydroxyl groups excluding tert-OH is 1. The van der Waals surface area contributed by atoms with Gasteiger partial charge in [-0.15, -0.1) is 0 Å². The highest BCUT2D eigenvalue weighted by molar-refractivity contribution is 6.00. The molecule has 0 spiro atoms. The lowest BCUT2D eigenvalue weighted by molar-refractivity contribution is -0.134. The minimum Gasteiger partial charge on any atom is -0.497 e. The molecule has 0 aromatic heterocycles. The monoisotopic (exact) mass is 590 g/mol. The third-order valence-electron chi connectivity index (χ3n) is 7.63. The van der Waals surface area contributed by atoms with E-state index in [0.717, 1.165) is 11.3 Å². The van der Waals surface area contributed by atoms with Crippen molar-refractivity contribution in [3.8, 4) is 17.2 Å². The Kier molecular flexibility index (Phi) is 10.9. The minimum atomic E-state index is -0.414. The van der Waals surface area contributed by atoms with Gasteiger partial charge in [0.2, 0.25) is 5.91 Å². The number of ether oxygens (including phenoxy) is 3. The fraction of sp³-hybridized carbons (Fsp3) is 0.394. The summed E-state index contributed by atoms with van der Waals surface area (Å²) in [5.41, 5.74) is 2.96. The van der Waals surface area contributed by atoms with Crippen LogP contribution in [0.2, 0.25) is 0 Å². The molecule has 3 aromatic rings. The third kappa shape index (κ3) is 8.62. The van der Waals surface area contributed by atoms with Crippen LogP contribution < -0.4 is 24.8 Å². The van der Waals surface area contributed by atoms with Crippen molar-refractivity contribution in [2.45, 2.75) is 39.0 Å². The maximum atomic E-state index is 13.5. The summed E-state index contributed by atoms with van der Waals surface area (Å²) in [6.45, 7) is 5.56. The predicted molar refractivity (Wildman–Crippen MR) is 167 cm³/mol. The molecule has 3 amide bonds. The molecule has 0 unspecified atom stereocenters. The number of methoxy groups -OCH3 is 2. The van der Waals surface area contributed by atoms with Gasteiger partial charge in [0.1, 0.15) is 23.4 Å². The van der Waals surface area contributed by atoms with E-state index in [9.17, 15) is 14.7 Å². The van der Waals surface area contributed by atoms with Gasteiger partial charge in [-0.2, -0.15) is 0 Å². The van der Waals surface area contributed by atoms with E-state index in [1.807, 2.05) is 38.2 Å². The second-order valence-electron chi connectivity index (χ2n) is 11.1. The van der Waals surface area contributed by atoms with Crippen molar-refractivity contribution in [1.82, 2.24) is 9.80 Å². The first kappa shape index (κ1) is 31.7. The lowest BCUT2D eigenvalue weighted by Gasteiger charge is -2.34. The maximum absolute atomic E-state index is 13.5. The van der Waals surface area contributed by atoms with E-state index in [-0.39, 0.29) is 37.0 Å². The molecule has 0 bridgehead atoms. The van der Waals surface area contributed by atoms with Crippen LogP contribution in [0.25, 0.3) is 0 Å². The number of carbonyl (C=O) groups is 2. The molecule has 1 aliphatic rings. The third-order valence-corrected chi connectivity index (χ3v) is 7.63. The van der Waals surface area contributed by atoms with Gasteiger partial charge in [0, 0.05) is 42.5 Å². The first-order chi connectivity index (χ1) is 20.7. The van der Waals surface area contributed by atoms with Crippen LogP contribution in [-0.2, 0) is 17.8 Å². The van der Waals surface area contributed by atoms with E-state index < -0.39 is 6.03 Å². The van der Waals surface area contributed by atoms with Crippen molar-refractivity contribution in [1.29, 1.82) is 0 Å². The number of nitrogens with zero attached hydrogens (tertiary/aromatic N) is 2. The number of aliphatic hydroxyl groups is 1. The van der Waals surface area contributed by atoms with Crippen LogP contribution in [0.4, 0.5) is 16.2 Å². The molecule has 1 heterocycles. The molecule has 10 heteroatoms. The molecule has 0 saturated carbocycles. The van der Waals surface area contributed by atoms with Crippen molar-refractivity contribution in [2.75, 3.05) is 51.6 Å². The normalized spacial score (nSPS) is 17.6. The lowest BCUT2D eigenvalue weighted by Crippen LogP contribution is -2.47. The molecule has 43 heavy (non-hydrogen) atoms. The van der Waals surface area contributed by atoms with Crippen LogP contribution in [0.1, 0.15) is 25.0 Å². The van der Waals surface area contributed by atoms with Crippen molar-refractivity contribution in [2.24, 2.45) is 5.92 Å². The zero-order valence-electron chi connectivity index (χ0n) is 25.5. The first-order valence-corrected chi connectivity index (χ1v) is 14.4. The molecule has 10 nitrogen and oxygen atoms in total. The van der Waals surface area contributed by atoms with Crippen LogP contribution in [0.3, 0.4) is 0 Å². The number of hydrogen-bond donors (Lipinski definition) is 3. The molecule has 0 saturated heterocycles. The lowest BCUT2D eigenvalue weighted by atomic mass is 10.0. The Hall–Kier alpha value is -4.28. The maximum Gasteiger partial charge on any atom is 0.323 e. The van der Waals surface area contributed by atoms with Gasteiger partial charge in [-0.05, 0) is 74.1 Å². The number of nitrogens with one attached hydrogen (secondary N) is 2. The summed E-state index contributed by atoms with van der Waals surface area (Å²) in [6.07, 6.45) is -0.158. The summed E-state index contributed by atoms with van der Waals surface area (Å²) in [6, 6.07) is 19.6. The summed E-state index contributed by atoms with van der Waals surface area (Å²) in [7, 11) is 5.28. The average molecular weight is 591 g/mol. The van der Waals surface area contributed by atoms with Gasteiger partial charge in [-0.3, -0.25) is 9.69 Å². The van der Waals surface area contributed by atoms with E-state index in [0.29, 0.717) is 48.1 Å². The number of benzene rings is 3. The van der Waals surface area contributed by atoms with Crippen LogP contribution in [0.15, 0.2) is 66.7 Å². The molecule has 3 atom stereocenters. The average Bonchev–Trinajstić information content (AvgIpc) is 3.04. The SMILES string of the molecule is COc1ccc(CN(C)C[C@H]2Oc3ccc(NC(=O)Nc4ccc(OC)cc4)cc3CC(=O)N([C@H](C)CO)C[C@H]2C)cc1. The van der Waals surface area contributed by atoms with Gasteiger partial charge >= 0.3 is 6.03 Å². The zero-order chi connectivity index (χ0) is 30.9. The Bertz CT molecular complexity index is 1360. The highest BCUT2D eigenvalue weighted by atomic mass is 16.5. The van der Waals surface area contributed by atoms with Crippen LogP contribution >= 0.6 is 0 Å². The molecule has 4 rings (SSSR count). The molecule has 3 N–H and O–H groups in total. The minimum absolute atomic E-state index is 0.0182. The van der Waals surface area contributed by atoms with E-state index in [2.05, 4.69) is 22.5 Å². The molecular weight excluding hydrogens is 548 g/mol. The number of urea groups is 1. The summed E-state index contributed by atoms with van der Waals surface area (Å²) < 4.78 is 17.1. The fourth-order valence-corrected chi connectivity index (χ4v) is 5.11. The van der Waals surface area contributed by atoms with Gasteiger partial charge < -0.3 is 34.9 Å². The second-order valence-corrected chi connectivity index (χ2v) is 11.1. The quantitative estimate of drug-likeness (QED) is 0.316. The number of carbonyl (C=O) groups excluding carboxylic acids is 2. The number of hydrogen-bond acceptors (Lipinski definition) is 7. The molecule has 3 aromatic carbocycles. The largest absolute Gasteiger partial charge is 0.497 e. The van der Waals surface area contributed by atoms with Gasteiger partial charge in [0.05, 0.1) is 33.3 Å². The van der Waals surface area contributed by atoms with Gasteiger partial charge in [0.15, 0.2) is 0 Å². The van der Waals surface area contributed by atoms with Crippen LogP contribution in [0, 0.1) is 5.92 Å². The zero-order valence-corrected chi connectivity index (χ0v) is 25.5. The fourth-order valence-electron chi connectivity index (χ4n) is 5.11. The summed E-state index contributed by atoms with van der Waals surface area (Å²) in [5.74, 6) is 1.98. The number of amides is 3. The molecule has 0 aliphatic carbocycles. The Morgan fingerprint density at radius 3 is 2.26 bits per heavy atom. The Labute approximate surface area is 253 Å². The van der Waals surface area contributed by atoms with Crippen molar-refractivity contribution in [3.05, 3.63) is 77.9 Å². The molecule has 1 aliphatic heterocycles. The van der Waals surface area contributed by atoms with Crippen molar-refractivity contribution < 1.29 is 28.9 Å². The van der Waals surface area contributed by atoms with Gasteiger partial charge in [-0.1, -0.05) is 19.1 Å². The number of anilines is 2. The van der Waals surface area contributed by atoms with E-state index >= 15 is 0 Å². The summed E-state index contributed by atoms with van der Waals surface area (Å²) in [4.78, 5) is 30.2. The first-order valence-electron chi connectivity index (χ1n) is 14.4. The second kappa shape index (κ2) is 14.8. The van der Waals surface area contributed by atoms with Crippen LogP contribution in [0.5, 0.6) is 17.2 Å². The highest BCUT2D eigenvalue weighted by Gasteiger charge is 2.31. The van der Waals surface area contributed by atoms with Crippen molar-refractivity contribution >= 4 is 23.3 Å². The number of rotatable bonds is 10. The number of fused-ring (bicyclic) bond motifs is 1. The van der Waals surface area contributed by atoms with E-state index in [4.69, 9.17) is 14.2 Å². The van der Waals surface area contributed by atoms with Crippen LogP contribution in [-0.4, -0.2) is 80.0 Å². The van der Waals surface area contributed by atoms with E-state index in [1.165, 1.54) is 0 Å². The predicted octanol–water partition coefficient (Wildman–Crippen LogP) is 4.63. The summed E-state index contributed by atoms with van der Waals surface area (Å²) >= 11 is 0. The van der Waals surface area contributed by atoms with E-state index in [1.54, 1.807) is 61.6 Å².